The Morgan fingerprint density at radius 1 is 1.26 bits per heavy atom. The van der Waals surface area contributed by atoms with Gasteiger partial charge in [0, 0.05) is 43.5 Å². The average molecular weight is 365 g/mol. The van der Waals surface area contributed by atoms with Gasteiger partial charge in [-0.1, -0.05) is 30.3 Å². The predicted molar refractivity (Wildman–Crippen MR) is 99.7 cm³/mol. The molecule has 3 aromatic rings. The van der Waals surface area contributed by atoms with Crippen LogP contribution in [-0.4, -0.2) is 53.7 Å². The number of hydrogen-bond donors (Lipinski definition) is 0. The second kappa shape index (κ2) is 7.69. The smallest absolute Gasteiger partial charge is 0.246 e. The van der Waals surface area contributed by atoms with Gasteiger partial charge in [0.15, 0.2) is 0 Å². The molecular formula is C19H23N7O. The number of tetrazole rings is 1. The van der Waals surface area contributed by atoms with E-state index in [2.05, 4.69) is 31.9 Å². The van der Waals surface area contributed by atoms with E-state index in [1.54, 1.807) is 0 Å². The predicted octanol–water partition coefficient (Wildman–Crippen LogP) is 1.96. The van der Waals surface area contributed by atoms with Crippen molar-refractivity contribution in [2.45, 2.75) is 38.8 Å². The monoisotopic (exact) mass is 365 g/mol. The summed E-state index contributed by atoms with van der Waals surface area (Å²) in [7, 11) is 0. The number of benzene rings is 1. The molecule has 0 aliphatic carbocycles. The number of aryl methyl sites for hydroxylation is 1. The van der Waals surface area contributed by atoms with Gasteiger partial charge in [-0.2, -0.15) is 4.80 Å². The maximum absolute atomic E-state index is 12.8. The van der Waals surface area contributed by atoms with Gasteiger partial charge in [0.05, 0.1) is 0 Å². The van der Waals surface area contributed by atoms with Crippen LogP contribution in [0.15, 0.2) is 42.7 Å². The zero-order chi connectivity index (χ0) is 18.6. The Balaban J connectivity index is 1.42. The second-order valence-corrected chi connectivity index (χ2v) is 6.76. The molecule has 1 aliphatic heterocycles. The minimum absolute atomic E-state index is 0.0197. The summed E-state index contributed by atoms with van der Waals surface area (Å²) in [6.07, 6.45) is 5.87. The van der Waals surface area contributed by atoms with Crippen LogP contribution >= 0.6 is 0 Å². The third-order valence-corrected chi connectivity index (χ3v) is 4.99. The molecule has 1 aliphatic rings. The minimum Gasteiger partial charge on any atom is -0.340 e. The van der Waals surface area contributed by atoms with Gasteiger partial charge >= 0.3 is 0 Å². The summed E-state index contributed by atoms with van der Waals surface area (Å²) in [6, 6.07) is 9.64. The zero-order valence-electron chi connectivity index (χ0n) is 15.4. The molecule has 2 aromatic heterocycles. The first-order valence-electron chi connectivity index (χ1n) is 9.36. The van der Waals surface area contributed by atoms with Crippen LogP contribution in [0.1, 0.15) is 31.5 Å². The molecule has 1 fully saturated rings. The van der Waals surface area contributed by atoms with Crippen molar-refractivity contribution in [1.29, 1.82) is 0 Å². The van der Waals surface area contributed by atoms with Gasteiger partial charge in [0.2, 0.25) is 11.7 Å². The summed E-state index contributed by atoms with van der Waals surface area (Å²) in [5, 5.41) is 12.4. The molecule has 1 aromatic carbocycles. The molecule has 0 saturated carbocycles. The van der Waals surface area contributed by atoms with E-state index in [0.29, 0.717) is 12.4 Å². The highest BCUT2D eigenvalue weighted by atomic mass is 16.2. The lowest BCUT2D eigenvalue weighted by atomic mass is 9.97. The molecule has 0 spiro atoms. The SMILES string of the molecule is CCn1ccnc1C1CCCN(C(=O)Cn2nnc(-c3ccccc3)n2)C1. The fraction of sp³-hybridized carbons (Fsp3) is 0.421. The van der Waals surface area contributed by atoms with Crippen LogP contribution in [0.2, 0.25) is 0 Å². The number of carbonyl (C=O) groups excluding carboxylic acids is 1. The molecule has 27 heavy (non-hydrogen) atoms. The van der Waals surface area contributed by atoms with E-state index in [9.17, 15) is 4.79 Å². The van der Waals surface area contributed by atoms with Crippen LogP contribution in [0.4, 0.5) is 0 Å². The standard InChI is InChI=1S/C19H23N7O/c1-2-24-12-10-20-19(24)16-9-6-11-25(13-16)17(27)14-26-22-18(21-23-26)15-7-4-3-5-8-15/h3-5,7-8,10,12,16H,2,6,9,11,13-14H2,1H3. The molecule has 1 amide bonds. The van der Waals surface area contributed by atoms with E-state index in [-0.39, 0.29) is 18.4 Å². The van der Waals surface area contributed by atoms with Crippen molar-refractivity contribution >= 4 is 5.91 Å². The lowest BCUT2D eigenvalue weighted by Gasteiger charge is -2.32. The Bertz CT molecular complexity index is 902. The third-order valence-electron chi connectivity index (χ3n) is 4.99. The van der Waals surface area contributed by atoms with Crippen molar-refractivity contribution in [2.24, 2.45) is 0 Å². The summed E-state index contributed by atoms with van der Waals surface area (Å²) < 4.78 is 2.16. The molecule has 8 heteroatoms. The molecule has 140 valence electrons. The van der Waals surface area contributed by atoms with Crippen LogP contribution in [0.3, 0.4) is 0 Å². The van der Waals surface area contributed by atoms with Crippen molar-refractivity contribution < 1.29 is 4.79 Å². The molecule has 0 bridgehead atoms. The number of piperidine rings is 1. The second-order valence-electron chi connectivity index (χ2n) is 6.76. The largest absolute Gasteiger partial charge is 0.340 e. The van der Waals surface area contributed by atoms with Gasteiger partial charge < -0.3 is 9.47 Å². The minimum atomic E-state index is 0.0197. The fourth-order valence-electron chi connectivity index (χ4n) is 3.60. The van der Waals surface area contributed by atoms with E-state index in [0.717, 1.165) is 37.3 Å². The normalized spacial score (nSPS) is 17.2. The van der Waals surface area contributed by atoms with Crippen molar-refractivity contribution in [3.05, 3.63) is 48.5 Å². The van der Waals surface area contributed by atoms with Gasteiger partial charge in [-0.3, -0.25) is 4.79 Å². The van der Waals surface area contributed by atoms with E-state index in [1.165, 1.54) is 4.80 Å². The van der Waals surface area contributed by atoms with Crippen molar-refractivity contribution in [2.75, 3.05) is 13.1 Å². The quantitative estimate of drug-likeness (QED) is 0.690. The molecular weight excluding hydrogens is 342 g/mol. The van der Waals surface area contributed by atoms with E-state index in [1.807, 2.05) is 47.6 Å². The Morgan fingerprint density at radius 3 is 2.93 bits per heavy atom. The number of likely N-dealkylation sites (tertiary alicyclic amines) is 1. The van der Waals surface area contributed by atoms with Crippen molar-refractivity contribution in [3.8, 4) is 11.4 Å². The lowest BCUT2D eigenvalue weighted by molar-refractivity contribution is -0.133. The summed E-state index contributed by atoms with van der Waals surface area (Å²) in [4.78, 5) is 20.5. The maximum Gasteiger partial charge on any atom is 0.246 e. The molecule has 8 nitrogen and oxygen atoms in total. The number of aromatic nitrogens is 6. The number of amides is 1. The van der Waals surface area contributed by atoms with Crippen molar-refractivity contribution in [1.82, 2.24) is 34.7 Å². The maximum atomic E-state index is 12.8. The molecule has 0 N–H and O–H groups in total. The van der Waals surface area contributed by atoms with Gasteiger partial charge in [-0.05, 0) is 25.0 Å². The topological polar surface area (TPSA) is 81.7 Å². The number of rotatable bonds is 5. The third kappa shape index (κ3) is 3.74. The van der Waals surface area contributed by atoms with E-state index >= 15 is 0 Å². The Labute approximate surface area is 157 Å². The summed E-state index contributed by atoms with van der Waals surface area (Å²) >= 11 is 0. The Morgan fingerprint density at radius 2 is 2.11 bits per heavy atom. The number of hydrogen-bond acceptors (Lipinski definition) is 5. The molecule has 0 radical (unpaired) electrons. The van der Waals surface area contributed by atoms with Crippen LogP contribution in [0.25, 0.3) is 11.4 Å². The zero-order valence-corrected chi connectivity index (χ0v) is 15.4. The first kappa shape index (κ1) is 17.4. The highest BCUT2D eigenvalue weighted by Gasteiger charge is 2.27. The molecule has 1 unspecified atom stereocenters. The summed E-state index contributed by atoms with van der Waals surface area (Å²) in [6.45, 7) is 4.57. The summed E-state index contributed by atoms with van der Waals surface area (Å²) in [5.74, 6) is 1.90. The molecule has 1 atom stereocenters. The van der Waals surface area contributed by atoms with Crippen LogP contribution in [-0.2, 0) is 17.9 Å². The lowest BCUT2D eigenvalue weighted by Crippen LogP contribution is -2.41. The number of carbonyl (C=O) groups is 1. The van der Waals surface area contributed by atoms with Gasteiger partial charge in [-0.15, -0.1) is 10.2 Å². The van der Waals surface area contributed by atoms with Gasteiger partial charge in [0.25, 0.3) is 0 Å². The van der Waals surface area contributed by atoms with Gasteiger partial charge in [-0.25, -0.2) is 4.98 Å². The summed E-state index contributed by atoms with van der Waals surface area (Å²) in [5.41, 5.74) is 0.889. The first-order chi connectivity index (χ1) is 13.2. The first-order valence-corrected chi connectivity index (χ1v) is 9.36. The number of nitrogens with zero attached hydrogens (tertiary/aromatic N) is 7. The molecule has 3 heterocycles. The number of imidazole rings is 1. The van der Waals surface area contributed by atoms with Crippen LogP contribution < -0.4 is 0 Å². The Hall–Kier alpha value is -3.03. The highest BCUT2D eigenvalue weighted by Crippen LogP contribution is 2.26. The van der Waals surface area contributed by atoms with Crippen molar-refractivity contribution in [3.63, 3.8) is 0 Å². The Kier molecular flexibility index (Phi) is 4.95. The van der Waals surface area contributed by atoms with E-state index < -0.39 is 0 Å². The highest BCUT2D eigenvalue weighted by molar-refractivity contribution is 5.76. The van der Waals surface area contributed by atoms with Crippen LogP contribution in [0.5, 0.6) is 0 Å². The van der Waals surface area contributed by atoms with E-state index in [4.69, 9.17) is 0 Å². The average Bonchev–Trinajstić information content (AvgIpc) is 3.38. The van der Waals surface area contributed by atoms with Crippen LogP contribution in [0, 0.1) is 0 Å². The molecule has 4 rings (SSSR count). The fourth-order valence-corrected chi connectivity index (χ4v) is 3.60. The van der Waals surface area contributed by atoms with Gasteiger partial charge in [0.1, 0.15) is 12.4 Å². The molecule has 1 saturated heterocycles.